The molecule has 0 spiro atoms. The van der Waals surface area contributed by atoms with Crippen LogP contribution in [0.4, 0.5) is 0 Å². The quantitative estimate of drug-likeness (QED) is 0.314. The summed E-state index contributed by atoms with van der Waals surface area (Å²) < 4.78 is 0. The molecule has 6 heteroatoms. The van der Waals surface area contributed by atoms with Gasteiger partial charge in [0.2, 0.25) is 12.2 Å². The van der Waals surface area contributed by atoms with Crippen molar-refractivity contribution in [3.8, 4) is 6.19 Å². The minimum Gasteiger partial charge on any atom is -0.355 e. The van der Waals surface area contributed by atoms with Crippen molar-refractivity contribution in [3.05, 3.63) is 0 Å². The van der Waals surface area contributed by atoms with Crippen molar-refractivity contribution in [1.29, 1.82) is 5.26 Å². The van der Waals surface area contributed by atoms with Crippen LogP contribution in [0.1, 0.15) is 6.42 Å². The SMILES string of the molecule is CSCCCN/C(=N/C#N)N(C)CCN(C)C. The Balaban J connectivity index is 4.05. The molecule has 0 fully saturated rings. The molecule has 0 aromatic heterocycles. The molecule has 1 N–H and O–H groups in total. The Morgan fingerprint density at radius 3 is 2.59 bits per heavy atom. The molecule has 0 radical (unpaired) electrons. The first kappa shape index (κ1) is 16.1. The van der Waals surface area contributed by atoms with Crippen molar-refractivity contribution in [3.63, 3.8) is 0 Å². The number of rotatable bonds is 7. The summed E-state index contributed by atoms with van der Waals surface area (Å²) in [5, 5.41) is 11.8. The Kier molecular flexibility index (Phi) is 9.68. The normalized spacial score (nSPS) is 11.4. The number of guanidine groups is 1. The van der Waals surface area contributed by atoms with E-state index in [1.165, 1.54) is 0 Å². The zero-order valence-corrected chi connectivity index (χ0v) is 12.0. The second-order valence-electron chi connectivity index (χ2n) is 4.03. The van der Waals surface area contributed by atoms with Gasteiger partial charge in [-0.25, -0.2) is 0 Å². The summed E-state index contributed by atoms with van der Waals surface area (Å²) in [5.41, 5.74) is 0. The third-order valence-electron chi connectivity index (χ3n) is 2.21. The molecule has 0 amide bonds. The Labute approximate surface area is 109 Å². The number of hydrogen-bond acceptors (Lipinski definition) is 4. The molecule has 0 saturated heterocycles. The summed E-state index contributed by atoms with van der Waals surface area (Å²) in [6.45, 7) is 2.64. The Morgan fingerprint density at radius 1 is 1.35 bits per heavy atom. The first-order chi connectivity index (χ1) is 8.11. The third kappa shape index (κ3) is 8.83. The highest BCUT2D eigenvalue weighted by molar-refractivity contribution is 7.98. The van der Waals surface area contributed by atoms with E-state index in [4.69, 9.17) is 5.26 Å². The molecule has 0 rings (SSSR count). The molecule has 0 heterocycles. The highest BCUT2D eigenvalue weighted by Gasteiger charge is 2.05. The van der Waals surface area contributed by atoms with E-state index < -0.39 is 0 Å². The molecule has 0 aliphatic rings. The molecule has 0 unspecified atom stereocenters. The lowest BCUT2D eigenvalue weighted by molar-refractivity contribution is 0.352. The van der Waals surface area contributed by atoms with Crippen LogP contribution in [0.5, 0.6) is 0 Å². The lowest BCUT2D eigenvalue weighted by atomic mass is 10.4. The molecule has 0 aliphatic carbocycles. The number of nitrogens with zero attached hydrogens (tertiary/aromatic N) is 4. The minimum atomic E-state index is 0.662. The van der Waals surface area contributed by atoms with Gasteiger partial charge >= 0.3 is 0 Å². The second-order valence-corrected chi connectivity index (χ2v) is 5.02. The molecular formula is C11H23N5S. The molecule has 0 aromatic carbocycles. The average Bonchev–Trinajstić information content (AvgIpc) is 2.30. The van der Waals surface area contributed by atoms with E-state index in [1.807, 2.05) is 44.0 Å². The second kappa shape index (κ2) is 10.2. The van der Waals surface area contributed by atoms with Crippen LogP contribution in [0, 0.1) is 11.5 Å². The van der Waals surface area contributed by atoms with Gasteiger partial charge in [-0.3, -0.25) is 0 Å². The van der Waals surface area contributed by atoms with Crippen molar-refractivity contribution in [1.82, 2.24) is 15.1 Å². The topological polar surface area (TPSA) is 54.7 Å². The van der Waals surface area contributed by atoms with E-state index in [-0.39, 0.29) is 0 Å². The van der Waals surface area contributed by atoms with Gasteiger partial charge < -0.3 is 15.1 Å². The van der Waals surface area contributed by atoms with Crippen molar-refractivity contribution >= 4 is 17.7 Å². The molecule has 0 atom stereocenters. The van der Waals surface area contributed by atoms with E-state index >= 15 is 0 Å². The van der Waals surface area contributed by atoms with Crippen molar-refractivity contribution in [2.45, 2.75) is 6.42 Å². The van der Waals surface area contributed by atoms with E-state index in [1.54, 1.807) is 0 Å². The van der Waals surface area contributed by atoms with Gasteiger partial charge in [0.1, 0.15) is 0 Å². The number of hydrogen-bond donors (Lipinski definition) is 1. The summed E-state index contributed by atoms with van der Waals surface area (Å²) in [6, 6.07) is 0. The standard InChI is InChI=1S/C11H23N5S/c1-15(2)7-8-16(3)11(14-10-12)13-6-5-9-17-4/h5-9H2,1-4H3,(H,13,14). The van der Waals surface area contributed by atoms with Crippen molar-refractivity contribution in [2.24, 2.45) is 4.99 Å². The van der Waals surface area contributed by atoms with Crippen molar-refractivity contribution < 1.29 is 0 Å². The lowest BCUT2D eigenvalue weighted by Crippen LogP contribution is -2.42. The fourth-order valence-electron chi connectivity index (χ4n) is 1.18. The van der Waals surface area contributed by atoms with Crippen LogP contribution in [0.25, 0.3) is 0 Å². The average molecular weight is 257 g/mol. The Hall–Kier alpha value is -0.930. The van der Waals surface area contributed by atoms with Gasteiger partial charge in [-0.2, -0.15) is 17.0 Å². The Bertz CT molecular complexity index is 259. The van der Waals surface area contributed by atoms with Crippen LogP contribution in [-0.2, 0) is 0 Å². The molecule has 0 bridgehead atoms. The van der Waals surface area contributed by atoms with Gasteiger partial charge in [-0.1, -0.05) is 0 Å². The van der Waals surface area contributed by atoms with Gasteiger partial charge in [0.05, 0.1) is 0 Å². The maximum absolute atomic E-state index is 8.65. The van der Waals surface area contributed by atoms with Gasteiger partial charge in [0.15, 0.2) is 0 Å². The highest BCUT2D eigenvalue weighted by atomic mass is 32.2. The van der Waals surface area contributed by atoms with Gasteiger partial charge in [0, 0.05) is 26.7 Å². The van der Waals surface area contributed by atoms with E-state index in [0.717, 1.165) is 31.8 Å². The van der Waals surface area contributed by atoms with E-state index in [9.17, 15) is 0 Å². The van der Waals surface area contributed by atoms with Crippen LogP contribution in [-0.4, -0.2) is 68.5 Å². The zero-order valence-electron chi connectivity index (χ0n) is 11.2. The van der Waals surface area contributed by atoms with Crippen LogP contribution >= 0.6 is 11.8 Å². The molecule has 0 saturated carbocycles. The number of nitrogens with one attached hydrogen (secondary N) is 1. The monoisotopic (exact) mass is 257 g/mol. The maximum Gasteiger partial charge on any atom is 0.209 e. The summed E-state index contributed by atoms with van der Waals surface area (Å²) >= 11 is 1.82. The van der Waals surface area contributed by atoms with Crippen LogP contribution in [0.3, 0.4) is 0 Å². The predicted octanol–water partition coefficient (Wildman–Crippen LogP) is 0.660. The molecule has 17 heavy (non-hydrogen) atoms. The van der Waals surface area contributed by atoms with Gasteiger partial charge in [0.25, 0.3) is 0 Å². The fraction of sp³-hybridized carbons (Fsp3) is 0.818. The minimum absolute atomic E-state index is 0.662. The van der Waals surface area contributed by atoms with E-state index in [0.29, 0.717) is 5.96 Å². The van der Waals surface area contributed by atoms with E-state index in [2.05, 4.69) is 21.5 Å². The number of thioether (sulfide) groups is 1. The fourth-order valence-corrected chi connectivity index (χ4v) is 1.61. The van der Waals surface area contributed by atoms with Gasteiger partial charge in [-0.05, 0) is 32.5 Å². The largest absolute Gasteiger partial charge is 0.355 e. The molecular weight excluding hydrogens is 234 g/mol. The number of aliphatic imine (C=N–C) groups is 1. The molecule has 98 valence electrons. The smallest absolute Gasteiger partial charge is 0.209 e. The van der Waals surface area contributed by atoms with Crippen LogP contribution in [0.2, 0.25) is 0 Å². The summed E-state index contributed by atoms with van der Waals surface area (Å²) in [5.74, 6) is 1.78. The van der Waals surface area contributed by atoms with Crippen LogP contribution in [0.15, 0.2) is 4.99 Å². The Morgan fingerprint density at radius 2 is 2.06 bits per heavy atom. The first-order valence-electron chi connectivity index (χ1n) is 5.67. The maximum atomic E-state index is 8.65. The summed E-state index contributed by atoms with van der Waals surface area (Å²) in [6.07, 6.45) is 5.01. The first-order valence-corrected chi connectivity index (χ1v) is 7.06. The number of nitriles is 1. The van der Waals surface area contributed by atoms with Crippen molar-refractivity contribution in [2.75, 3.05) is 52.8 Å². The third-order valence-corrected chi connectivity index (χ3v) is 2.91. The van der Waals surface area contributed by atoms with Crippen LogP contribution < -0.4 is 5.32 Å². The molecule has 5 nitrogen and oxygen atoms in total. The predicted molar refractivity (Wildman–Crippen MR) is 75.2 cm³/mol. The molecule has 0 aromatic rings. The zero-order chi connectivity index (χ0) is 13.1. The summed E-state index contributed by atoms with van der Waals surface area (Å²) in [4.78, 5) is 7.89. The lowest BCUT2D eigenvalue weighted by Gasteiger charge is -2.22. The molecule has 0 aliphatic heterocycles. The summed E-state index contributed by atoms with van der Waals surface area (Å²) in [7, 11) is 6.00. The highest BCUT2D eigenvalue weighted by Crippen LogP contribution is 1.94. The van der Waals surface area contributed by atoms with Gasteiger partial charge in [-0.15, -0.1) is 4.99 Å². The number of likely N-dealkylation sites (N-methyl/N-ethyl adjacent to an activating group) is 2.